The number of benzene rings is 1. The molecule has 0 aliphatic carbocycles. The van der Waals surface area contributed by atoms with Crippen molar-refractivity contribution in [3.8, 4) is 11.1 Å². The topological polar surface area (TPSA) is 46.0 Å². The summed E-state index contributed by atoms with van der Waals surface area (Å²) in [7, 11) is 0. The third-order valence-electron chi connectivity index (χ3n) is 2.78. The zero-order valence-electron chi connectivity index (χ0n) is 9.36. The Morgan fingerprint density at radius 3 is 2.71 bits per heavy atom. The van der Waals surface area contributed by atoms with Crippen LogP contribution in [0.25, 0.3) is 22.1 Å². The van der Waals surface area contributed by atoms with Crippen LogP contribution in [0.15, 0.2) is 51.8 Å². The van der Waals surface area contributed by atoms with E-state index >= 15 is 0 Å². The van der Waals surface area contributed by atoms with Crippen LogP contribution in [-0.4, -0.2) is 4.98 Å². The van der Waals surface area contributed by atoms with E-state index in [1.54, 1.807) is 12.3 Å². The van der Waals surface area contributed by atoms with E-state index in [0.29, 0.717) is 11.0 Å². The van der Waals surface area contributed by atoms with Gasteiger partial charge in [0.1, 0.15) is 11.3 Å². The number of aryl methyl sites for hydroxylation is 1. The van der Waals surface area contributed by atoms with E-state index in [1.165, 1.54) is 0 Å². The molecule has 0 bridgehead atoms. The molecule has 3 aromatic rings. The lowest BCUT2D eigenvalue weighted by Gasteiger charge is -2.01. The maximum atomic E-state index is 11.7. The predicted octanol–water partition coefficient (Wildman–Crippen LogP) is 3.10. The van der Waals surface area contributed by atoms with E-state index in [1.807, 2.05) is 37.3 Å². The first kappa shape index (κ1) is 9.90. The van der Waals surface area contributed by atoms with Crippen molar-refractivity contribution in [2.75, 3.05) is 0 Å². The second-order valence-electron chi connectivity index (χ2n) is 4.00. The summed E-state index contributed by atoms with van der Waals surface area (Å²) in [5.41, 5.74) is 2.48. The maximum Gasteiger partial charge on any atom is 0.259 e. The third kappa shape index (κ3) is 1.56. The number of hydrogen-bond donors (Lipinski definition) is 1. The van der Waals surface area contributed by atoms with Crippen LogP contribution >= 0.6 is 0 Å². The van der Waals surface area contributed by atoms with Gasteiger partial charge in [-0.2, -0.15) is 0 Å². The molecular weight excluding hydrogens is 214 g/mol. The molecule has 1 aromatic carbocycles. The molecule has 0 aliphatic heterocycles. The highest BCUT2D eigenvalue weighted by atomic mass is 16.3. The lowest BCUT2D eigenvalue weighted by atomic mass is 10.1. The molecule has 3 rings (SSSR count). The lowest BCUT2D eigenvalue weighted by molar-refractivity contribution is 0.579. The SMILES string of the molecule is Cc1cc2c(=O)[nH]cc(-c3ccccc3)c2o1. The van der Waals surface area contributed by atoms with Gasteiger partial charge in [0.15, 0.2) is 0 Å². The van der Waals surface area contributed by atoms with E-state index in [4.69, 9.17) is 4.42 Å². The van der Waals surface area contributed by atoms with Gasteiger partial charge in [-0.15, -0.1) is 0 Å². The van der Waals surface area contributed by atoms with Gasteiger partial charge in [0.2, 0.25) is 0 Å². The van der Waals surface area contributed by atoms with Crippen molar-refractivity contribution in [3.63, 3.8) is 0 Å². The summed E-state index contributed by atoms with van der Waals surface area (Å²) in [5.74, 6) is 0.744. The van der Waals surface area contributed by atoms with Crippen LogP contribution in [0.1, 0.15) is 5.76 Å². The van der Waals surface area contributed by atoms with E-state index < -0.39 is 0 Å². The minimum atomic E-state index is -0.114. The fraction of sp³-hybridized carbons (Fsp3) is 0.0714. The number of H-pyrrole nitrogens is 1. The Bertz CT molecular complexity index is 723. The molecule has 2 aromatic heterocycles. The number of nitrogens with one attached hydrogen (secondary N) is 1. The van der Waals surface area contributed by atoms with Gasteiger partial charge in [-0.3, -0.25) is 4.79 Å². The molecule has 2 heterocycles. The molecule has 0 saturated heterocycles. The van der Waals surface area contributed by atoms with Crippen LogP contribution in [0.2, 0.25) is 0 Å². The Kier molecular flexibility index (Phi) is 2.11. The number of pyridine rings is 1. The third-order valence-corrected chi connectivity index (χ3v) is 2.78. The molecule has 0 atom stereocenters. The summed E-state index contributed by atoms with van der Waals surface area (Å²) in [6, 6.07) is 11.6. The Morgan fingerprint density at radius 2 is 1.94 bits per heavy atom. The van der Waals surface area contributed by atoms with Crippen molar-refractivity contribution in [2.24, 2.45) is 0 Å². The van der Waals surface area contributed by atoms with Crippen molar-refractivity contribution in [1.29, 1.82) is 0 Å². The number of hydrogen-bond acceptors (Lipinski definition) is 2. The minimum Gasteiger partial charge on any atom is -0.460 e. The molecule has 0 unspecified atom stereocenters. The monoisotopic (exact) mass is 225 g/mol. The standard InChI is InChI=1S/C14H11NO2/c1-9-7-11-13(17-9)12(8-15-14(11)16)10-5-3-2-4-6-10/h2-8H,1H3,(H,15,16). The van der Waals surface area contributed by atoms with Crippen molar-refractivity contribution in [2.45, 2.75) is 6.92 Å². The van der Waals surface area contributed by atoms with Crippen LogP contribution < -0.4 is 5.56 Å². The number of aromatic nitrogens is 1. The smallest absolute Gasteiger partial charge is 0.259 e. The molecule has 84 valence electrons. The molecule has 0 fully saturated rings. The molecule has 0 radical (unpaired) electrons. The Hall–Kier alpha value is -2.29. The quantitative estimate of drug-likeness (QED) is 0.691. The van der Waals surface area contributed by atoms with Crippen LogP contribution in [-0.2, 0) is 0 Å². The second kappa shape index (κ2) is 3.63. The second-order valence-corrected chi connectivity index (χ2v) is 4.00. The zero-order valence-corrected chi connectivity index (χ0v) is 9.36. The fourth-order valence-electron chi connectivity index (χ4n) is 2.00. The molecule has 0 aliphatic rings. The first-order chi connectivity index (χ1) is 8.25. The Labute approximate surface area is 97.7 Å². The predicted molar refractivity (Wildman–Crippen MR) is 67.0 cm³/mol. The van der Waals surface area contributed by atoms with Crippen molar-refractivity contribution in [3.05, 3.63) is 58.7 Å². The van der Waals surface area contributed by atoms with Crippen LogP contribution in [0.3, 0.4) is 0 Å². The summed E-state index contributed by atoms with van der Waals surface area (Å²) < 4.78 is 5.61. The molecule has 3 nitrogen and oxygen atoms in total. The maximum absolute atomic E-state index is 11.7. The largest absolute Gasteiger partial charge is 0.460 e. The van der Waals surface area contributed by atoms with Crippen molar-refractivity contribution >= 4 is 11.0 Å². The average Bonchev–Trinajstić information content (AvgIpc) is 2.73. The molecule has 0 saturated carbocycles. The van der Waals surface area contributed by atoms with Crippen molar-refractivity contribution < 1.29 is 4.42 Å². The number of aromatic amines is 1. The van der Waals surface area contributed by atoms with Crippen LogP contribution in [0.5, 0.6) is 0 Å². The van der Waals surface area contributed by atoms with Gasteiger partial charge in [0.25, 0.3) is 5.56 Å². The lowest BCUT2D eigenvalue weighted by Crippen LogP contribution is -2.04. The number of rotatable bonds is 1. The summed E-state index contributed by atoms with van der Waals surface area (Å²) >= 11 is 0. The van der Waals surface area contributed by atoms with Gasteiger partial charge in [0, 0.05) is 11.8 Å². The highest BCUT2D eigenvalue weighted by Crippen LogP contribution is 2.27. The average molecular weight is 225 g/mol. The van der Waals surface area contributed by atoms with E-state index in [-0.39, 0.29) is 5.56 Å². The molecular formula is C14H11NO2. The van der Waals surface area contributed by atoms with Gasteiger partial charge < -0.3 is 9.40 Å². The van der Waals surface area contributed by atoms with Gasteiger partial charge in [-0.25, -0.2) is 0 Å². The summed E-state index contributed by atoms with van der Waals surface area (Å²) in [4.78, 5) is 14.4. The highest BCUT2D eigenvalue weighted by Gasteiger charge is 2.10. The molecule has 3 heteroatoms. The summed E-state index contributed by atoms with van der Waals surface area (Å²) in [5, 5.41) is 0.601. The van der Waals surface area contributed by atoms with Crippen molar-refractivity contribution in [1.82, 2.24) is 4.98 Å². The van der Waals surface area contributed by atoms with E-state index in [9.17, 15) is 4.79 Å². The zero-order chi connectivity index (χ0) is 11.8. The normalized spacial score (nSPS) is 10.9. The molecule has 0 amide bonds. The first-order valence-corrected chi connectivity index (χ1v) is 5.43. The fourth-order valence-corrected chi connectivity index (χ4v) is 2.00. The minimum absolute atomic E-state index is 0.114. The van der Waals surface area contributed by atoms with E-state index in [2.05, 4.69) is 4.98 Å². The van der Waals surface area contributed by atoms with E-state index in [0.717, 1.165) is 16.9 Å². The molecule has 0 spiro atoms. The number of furan rings is 1. The van der Waals surface area contributed by atoms with Crippen LogP contribution in [0, 0.1) is 6.92 Å². The molecule has 17 heavy (non-hydrogen) atoms. The van der Waals surface area contributed by atoms with Gasteiger partial charge >= 0.3 is 0 Å². The Balaban J connectivity index is 2.38. The van der Waals surface area contributed by atoms with Crippen LogP contribution in [0.4, 0.5) is 0 Å². The van der Waals surface area contributed by atoms with Gasteiger partial charge in [0.05, 0.1) is 5.39 Å². The van der Waals surface area contributed by atoms with Gasteiger partial charge in [-0.05, 0) is 18.6 Å². The summed E-state index contributed by atoms with van der Waals surface area (Å²) in [6.07, 6.45) is 1.70. The Morgan fingerprint density at radius 1 is 1.18 bits per heavy atom. The first-order valence-electron chi connectivity index (χ1n) is 5.43. The highest BCUT2D eigenvalue weighted by molar-refractivity contribution is 5.91. The van der Waals surface area contributed by atoms with Gasteiger partial charge in [-0.1, -0.05) is 30.3 Å². The molecule has 1 N–H and O–H groups in total. The number of fused-ring (bicyclic) bond motifs is 1. The summed E-state index contributed by atoms with van der Waals surface area (Å²) in [6.45, 7) is 1.84.